The second kappa shape index (κ2) is 6.36. The molecule has 0 aliphatic carbocycles. The lowest BCUT2D eigenvalue weighted by molar-refractivity contribution is -0.383. The van der Waals surface area contributed by atoms with Crippen LogP contribution >= 0.6 is 11.6 Å². The standard InChI is InChI=1S/C13H14ClN5O2/c1-3-15-12-11(19(20)21)13(17-7-16-12)18-10-8(2)5-4-6-9(10)14/h4-7H,3H2,1-2H3,(H2,15,16,17,18). The molecule has 2 rings (SSSR count). The molecule has 110 valence electrons. The molecule has 2 N–H and O–H groups in total. The zero-order chi connectivity index (χ0) is 15.4. The Kier molecular flexibility index (Phi) is 4.54. The number of benzene rings is 1. The number of aryl methyl sites for hydroxylation is 1. The summed E-state index contributed by atoms with van der Waals surface area (Å²) in [5, 5.41) is 17.5. The van der Waals surface area contributed by atoms with Crippen LogP contribution < -0.4 is 10.6 Å². The summed E-state index contributed by atoms with van der Waals surface area (Å²) in [7, 11) is 0. The molecule has 2 aromatic rings. The van der Waals surface area contributed by atoms with Gasteiger partial charge in [0.05, 0.1) is 15.6 Å². The fourth-order valence-corrected chi connectivity index (χ4v) is 2.12. The Morgan fingerprint density at radius 2 is 2.05 bits per heavy atom. The lowest BCUT2D eigenvalue weighted by atomic mass is 10.2. The lowest BCUT2D eigenvalue weighted by Crippen LogP contribution is -2.08. The molecule has 0 fully saturated rings. The smallest absolute Gasteiger partial charge is 0.353 e. The van der Waals surface area contributed by atoms with Crippen LogP contribution in [0.25, 0.3) is 0 Å². The zero-order valence-electron chi connectivity index (χ0n) is 11.6. The van der Waals surface area contributed by atoms with Crippen LogP contribution in [0.5, 0.6) is 0 Å². The SMILES string of the molecule is CCNc1ncnc(Nc2c(C)cccc2Cl)c1[N+](=O)[O-]. The van der Waals surface area contributed by atoms with Crippen molar-refractivity contribution in [1.82, 2.24) is 9.97 Å². The molecule has 0 atom stereocenters. The quantitative estimate of drug-likeness (QED) is 0.648. The summed E-state index contributed by atoms with van der Waals surface area (Å²) in [5.74, 6) is 0.270. The Labute approximate surface area is 126 Å². The predicted octanol–water partition coefficient (Wildman–Crippen LogP) is 3.52. The minimum Gasteiger partial charge on any atom is -0.364 e. The van der Waals surface area contributed by atoms with Gasteiger partial charge in [-0.1, -0.05) is 23.7 Å². The second-order valence-electron chi connectivity index (χ2n) is 4.26. The molecule has 7 nitrogen and oxygen atoms in total. The van der Waals surface area contributed by atoms with Gasteiger partial charge in [-0.3, -0.25) is 10.1 Å². The number of nitrogens with zero attached hydrogens (tertiary/aromatic N) is 3. The maximum absolute atomic E-state index is 11.3. The van der Waals surface area contributed by atoms with Crippen molar-refractivity contribution in [2.24, 2.45) is 0 Å². The molecule has 0 amide bonds. The van der Waals surface area contributed by atoms with Crippen LogP contribution in [0.1, 0.15) is 12.5 Å². The van der Waals surface area contributed by atoms with Gasteiger partial charge in [0.2, 0.25) is 11.6 Å². The lowest BCUT2D eigenvalue weighted by Gasteiger charge is -2.12. The first-order valence-corrected chi connectivity index (χ1v) is 6.67. The van der Waals surface area contributed by atoms with Crippen LogP contribution in [0.15, 0.2) is 24.5 Å². The average Bonchev–Trinajstić information content (AvgIpc) is 2.43. The molecular formula is C13H14ClN5O2. The second-order valence-corrected chi connectivity index (χ2v) is 4.67. The number of hydrogen-bond donors (Lipinski definition) is 2. The van der Waals surface area contributed by atoms with Gasteiger partial charge in [-0.2, -0.15) is 0 Å². The third-order valence-electron chi connectivity index (χ3n) is 2.81. The number of anilines is 3. The maximum Gasteiger partial charge on any atom is 0.353 e. The third kappa shape index (κ3) is 3.19. The normalized spacial score (nSPS) is 10.2. The van der Waals surface area contributed by atoms with Crippen molar-refractivity contribution in [2.75, 3.05) is 17.2 Å². The van der Waals surface area contributed by atoms with Crippen LogP contribution in [0.3, 0.4) is 0 Å². The highest BCUT2D eigenvalue weighted by Crippen LogP contribution is 2.34. The van der Waals surface area contributed by atoms with E-state index in [9.17, 15) is 10.1 Å². The number of para-hydroxylation sites is 1. The van der Waals surface area contributed by atoms with Crippen molar-refractivity contribution in [3.05, 3.63) is 45.2 Å². The van der Waals surface area contributed by atoms with Crippen LogP contribution in [0.2, 0.25) is 5.02 Å². The van der Waals surface area contributed by atoms with E-state index in [4.69, 9.17) is 11.6 Å². The summed E-state index contributed by atoms with van der Waals surface area (Å²) in [6.07, 6.45) is 1.26. The summed E-state index contributed by atoms with van der Waals surface area (Å²) < 4.78 is 0. The number of rotatable bonds is 5. The Balaban J connectivity index is 2.49. The molecule has 1 aromatic heterocycles. The van der Waals surface area contributed by atoms with Gasteiger partial charge >= 0.3 is 5.69 Å². The van der Waals surface area contributed by atoms with Gasteiger partial charge in [0.15, 0.2) is 0 Å². The minimum absolute atomic E-state index is 0.0992. The molecule has 8 heteroatoms. The Hall–Kier alpha value is -2.41. The summed E-state index contributed by atoms with van der Waals surface area (Å²) in [5.41, 5.74) is 1.24. The van der Waals surface area contributed by atoms with Crippen LogP contribution in [0.4, 0.5) is 23.0 Å². The van der Waals surface area contributed by atoms with Crippen molar-refractivity contribution in [3.63, 3.8) is 0 Å². The fraction of sp³-hybridized carbons (Fsp3) is 0.231. The molecule has 0 bridgehead atoms. The van der Waals surface area contributed by atoms with Crippen molar-refractivity contribution in [1.29, 1.82) is 0 Å². The molecule has 1 aromatic carbocycles. The molecule has 0 aliphatic rings. The Morgan fingerprint density at radius 3 is 2.67 bits per heavy atom. The van der Waals surface area contributed by atoms with E-state index in [1.165, 1.54) is 6.33 Å². The van der Waals surface area contributed by atoms with Crippen LogP contribution in [0, 0.1) is 17.0 Å². The number of aromatic nitrogens is 2. The van der Waals surface area contributed by atoms with E-state index in [1.807, 2.05) is 19.9 Å². The largest absolute Gasteiger partial charge is 0.364 e. The maximum atomic E-state index is 11.3. The van der Waals surface area contributed by atoms with E-state index in [2.05, 4.69) is 20.6 Å². The Bertz CT molecular complexity index is 657. The van der Waals surface area contributed by atoms with E-state index in [0.717, 1.165) is 5.56 Å². The van der Waals surface area contributed by atoms with Crippen molar-refractivity contribution >= 4 is 34.6 Å². The molecule has 0 radical (unpaired) electrons. The summed E-state index contributed by atoms with van der Waals surface area (Å²) in [4.78, 5) is 18.6. The van der Waals surface area contributed by atoms with E-state index in [1.54, 1.807) is 12.1 Å². The van der Waals surface area contributed by atoms with Gasteiger partial charge in [-0.25, -0.2) is 9.97 Å². The predicted molar refractivity (Wildman–Crippen MR) is 82.3 cm³/mol. The first-order valence-electron chi connectivity index (χ1n) is 6.30. The van der Waals surface area contributed by atoms with Gasteiger partial charge in [-0.15, -0.1) is 0 Å². The first-order chi connectivity index (χ1) is 10.0. The minimum atomic E-state index is -0.521. The monoisotopic (exact) mass is 307 g/mol. The van der Waals surface area contributed by atoms with Crippen LogP contribution in [-0.4, -0.2) is 21.4 Å². The average molecular weight is 308 g/mol. The topological polar surface area (TPSA) is 93.0 Å². The summed E-state index contributed by atoms with van der Waals surface area (Å²) in [6.45, 7) is 4.20. The van der Waals surface area contributed by atoms with Gasteiger partial charge in [0, 0.05) is 6.54 Å². The van der Waals surface area contributed by atoms with Crippen molar-refractivity contribution in [2.45, 2.75) is 13.8 Å². The van der Waals surface area contributed by atoms with E-state index < -0.39 is 4.92 Å². The number of nitrogens with one attached hydrogen (secondary N) is 2. The number of hydrogen-bond acceptors (Lipinski definition) is 6. The van der Waals surface area contributed by atoms with E-state index >= 15 is 0 Å². The molecule has 21 heavy (non-hydrogen) atoms. The van der Waals surface area contributed by atoms with Gasteiger partial charge < -0.3 is 10.6 Å². The highest BCUT2D eigenvalue weighted by atomic mass is 35.5. The fourth-order valence-electron chi connectivity index (χ4n) is 1.85. The molecule has 0 unspecified atom stereocenters. The highest BCUT2D eigenvalue weighted by molar-refractivity contribution is 6.33. The highest BCUT2D eigenvalue weighted by Gasteiger charge is 2.23. The van der Waals surface area contributed by atoms with E-state index in [0.29, 0.717) is 17.3 Å². The van der Waals surface area contributed by atoms with Crippen LogP contribution in [-0.2, 0) is 0 Å². The molecule has 0 aliphatic heterocycles. The number of nitro groups is 1. The summed E-state index contributed by atoms with van der Waals surface area (Å²) in [6, 6.07) is 5.36. The molecule has 1 heterocycles. The molecular weight excluding hydrogens is 294 g/mol. The molecule has 0 saturated carbocycles. The molecule has 0 spiro atoms. The van der Waals surface area contributed by atoms with Gasteiger partial charge in [-0.05, 0) is 25.5 Å². The number of halogens is 1. The summed E-state index contributed by atoms with van der Waals surface area (Å²) >= 11 is 6.12. The van der Waals surface area contributed by atoms with Crippen molar-refractivity contribution < 1.29 is 4.92 Å². The van der Waals surface area contributed by atoms with Gasteiger partial charge in [0.25, 0.3) is 0 Å². The van der Waals surface area contributed by atoms with Crippen molar-refractivity contribution in [3.8, 4) is 0 Å². The molecule has 0 saturated heterocycles. The van der Waals surface area contributed by atoms with Gasteiger partial charge in [0.1, 0.15) is 6.33 Å². The first kappa shape index (κ1) is 15.0. The zero-order valence-corrected chi connectivity index (χ0v) is 12.3. The van der Waals surface area contributed by atoms with E-state index in [-0.39, 0.29) is 17.3 Å². The Morgan fingerprint density at radius 1 is 1.33 bits per heavy atom. The third-order valence-corrected chi connectivity index (χ3v) is 3.13.